The Kier molecular flexibility index (Phi) is 4.05. The molecule has 7 nitrogen and oxygen atoms in total. The molecular formula is C25H15BrN2O5. The number of nitro groups is 1. The third-order valence-electron chi connectivity index (χ3n) is 7.24. The summed E-state index contributed by atoms with van der Waals surface area (Å²) in [7, 11) is 0. The minimum atomic E-state index is -1.34. The Hall–Kier alpha value is -3.65. The van der Waals surface area contributed by atoms with Crippen LogP contribution in [-0.2, 0) is 19.8 Å². The predicted octanol–water partition coefficient (Wildman–Crippen LogP) is 4.11. The van der Waals surface area contributed by atoms with Crippen LogP contribution in [0, 0.1) is 22.0 Å². The second-order valence-corrected chi connectivity index (χ2v) is 9.46. The zero-order valence-corrected chi connectivity index (χ0v) is 18.6. The smallest absolute Gasteiger partial charge is 0.294 e. The molecule has 3 aromatic carbocycles. The van der Waals surface area contributed by atoms with E-state index in [1.165, 1.54) is 12.1 Å². The second-order valence-electron chi connectivity index (χ2n) is 8.54. The van der Waals surface area contributed by atoms with Crippen LogP contribution < -0.4 is 4.90 Å². The molecule has 7 rings (SSSR count). The van der Waals surface area contributed by atoms with Gasteiger partial charge in [-0.25, -0.2) is 4.90 Å². The van der Waals surface area contributed by atoms with Gasteiger partial charge in [0.2, 0.25) is 11.8 Å². The number of hydrogen-bond donors (Lipinski definition) is 0. The molecule has 0 aromatic heterocycles. The molecule has 4 aliphatic rings. The van der Waals surface area contributed by atoms with Gasteiger partial charge in [0.25, 0.3) is 5.69 Å². The number of benzene rings is 3. The van der Waals surface area contributed by atoms with Crippen molar-refractivity contribution in [1.82, 2.24) is 0 Å². The number of carbonyl (C=O) groups excluding carboxylic acids is 3. The third-order valence-corrected chi connectivity index (χ3v) is 7.74. The van der Waals surface area contributed by atoms with E-state index < -0.39 is 39.9 Å². The highest BCUT2D eigenvalue weighted by Gasteiger charge is 2.68. The van der Waals surface area contributed by atoms with Crippen molar-refractivity contribution in [3.05, 3.63) is 104 Å². The fraction of sp³-hybridized carbons (Fsp3) is 0.160. The topological polar surface area (TPSA) is 97.6 Å². The number of anilines is 1. The minimum absolute atomic E-state index is 0.0823. The van der Waals surface area contributed by atoms with E-state index in [2.05, 4.69) is 15.9 Å². The van der Waals surface area contributed by atoms with Crippen molar-refractivity contribution in [1.29, 1.82) is 0 Å². The summed E-state index contributed by atoms with van der Waals surface area (Å²) in [5.74, 6) is -3.32. The Morgan fingerprint density at radius 3 is 2.12 bits per heavy atom. The molecule has 0 radical (unpaired) electrons. The molecule has 0 saturated carbocycles. The lowest BCUT2D eigenvalue weighted by Crippen LogP contribution is -2.54. The molecule has 1 saturated heterocycles. The van der Waals surface area contributed by atoms with Crippen LogP contribution in [0.1, 0.15) is 28.2 Å². The van der Waals surface area contributed by atoms with Crippen LogP contribution >= 0.6 is 15.9 Å². The van der Waals surface area contributed by atoms with E-state index in [1.807, 2.05) is 48.5 Å². The third kappa shape index (κ3) is 2.31. The van der Waals surface area contributed by atoms with Gasteiger partial charge in [-0.1, -0.05) is 64.5 Å². The zero-order chi connectivity index (χ0) is 23.1. The molecule has 2 amide bonds. The Labute approximate surface area is 196 Å². The van der Waals surface area contributed by atoms with Gasteiger partial charge in [0, 0.05) is 16.5 Å². The summed E-state index contributed by atoms with van der Waals surface area (Å²) in [6.07, 6.45) is 0.780. The molecule has 0 N–H and O–H groups in total. The van der Waals surface area contributed by atoms with Crippen LogP contribution in [0.3, 0.4) is 0 Å². The maximum absolute atomic E-state index is 13.9. The van der Waals surface area contributed by atoms with Gasteiger partial charge in [-0.15, -0.1) is 0 Å². The van der Waals surface area contributed by atoms with Crippen LogP contribution in [0.2, 0.25) is 0 Å². The standard InChI is InChI=1S/C25H15BrN2O5/c26-13-9-10-18(19(11-13)28(32)33)27-23(30)21-20-14-5-1-3-7-16(14)25(12-29,22(21)24(27)31)17-8-4-2-6-15(17)20/h1-12,20-22H/t20?,21-,22-,25?/m1/s1. The van der Waals surface area contributed by atoms with Gasteiger partial charge < -0.3 is 4.79 Å². The Bertz CT molecular complexity index is 1370. The highest BCUT2D eigenvalue weighted by atomic mass is 79.9. The fourth-order valence-corrected chi connectivity index (χ4v) is 6.45. The molecule has 2 bridgehead atoms. The number of halogens is 1. The molecule has 8 heteroatoms. The summed E-state index contributed by atoms with van der Waals surface area (Å²) in [4.78, 5) is 52.7. The largest absolute Gasteiger partial charge is 0.302 e. The molecule has 1 aliphatic heterocycles. The van der Waals surface area contributed by atoms with Crippen molar-refractivity contribution in [3.8, 4) is 0 Å². The van der Waals surface area contributed by atoms with E-state index in [4.69, 9.17) is 0 Å². The van der Waals surface area contributed by atoms with Crippen molar-refractivity contribution in [3.63, 3.8) is 0 Å². The molecule has 1 fully saturated rings. The number of amides is 2. The average molecular weight is 503 g/mol. The van der Waals surface area contributed by atoms with Crippen LogP contribution in [0.15, 0.2) is 71.2 Å². The number of aldehydes is 1. The number of nitrogens with zero attached hydrogens (tertiary/aromatic N) is 2. The maximum atomic E-state index is 13.9. The quantitative estimate of drug-likeness (QED) is 0.232. The summed E-state index contributed by atoms with van der Waals surface area (Å²) < 4.78 is 0.457. The number of rotatable bonds is 3. The van der Waals surface area contributed by atoms with Gasteiger partial charge in [-0.3, -0.25) is 19.7 Å². The number of nitro benzene ring substituents is 1. The number of imide groups is 1. The average Bonchev–Trinajstić information content (AvgIpc) is 3.10. The lowest BCUT2D eigenvalue weighted by atomic mass is 9.48. The minimum Gasteiger partial charge on any atom is -0.302 e. The summed E-state index contributed by atoms with van der Waals surface area (Å²) in [6.45, 7) is 0. The number of hydrogen-bond acceptors (Lipinski definition) is 5. The summed E-state index contributed by atoms with van der Waals surface area (Å²) in [6, 6.07) is 19.0. The van der Waals surface area contributed by atoms with Crippen LogP contribution in [-0.4, -0.2) is 23.0 Å². The SMILES string of the molecule is O=CC12c3ccccc3C(c3ccccc31)[C@H]1C(=O)N(c3ccc(Br)cc3[N+](=O)[O-])C(=O)[C@@H]12. The van der Waals surface area contributed by atoms with E-state index in [-0.39, 0.29) is 11.4 Å². The second kappa shape index (κ2) is 6.68. The fourth-order valence-electron chi connectivity index (χ4n) is 6.10. The highest BCUT2D eigenvalue weighted by Crippen LogP contribution is 2.63. The molecule has 0 spiro atoms. The Balaban J connectivity index is 1.64. The predicted molar refractivity (Wildman–Crippen MR) is 122 cm³/mol. The van der Waals surface area contributed by atoms with Gasteiger partial charge >= 0.3 is 0 Å². The van der Waals surface area contributed by atoms with Crippen molar-refractivity contribution in [2.45, 2.75) is 11.3 Å². The van der Waals surface area contributed by atoms with Gasteiger partial charge in [0.05, 0.1) is 22.2 Å². The molecule has 2 atom stereocenters. The zero-order valence-electron chi connectivity index (χ0n) is 17.0. The van der Waals surface area contributed by atoms with Gasteiger partial charge in [-0.05, 0) is 34.4 Å². The van der Waals surface area contributed by atoms with Crippen molar-refractivity contribution in [2.24, 2.45) is 11.8 Å². The molecule has 162 valence electrons. The van der Waals surface area contributed by atoms with Crippen molar-refractivity contribution < 1.29 is 19.3 Å². The molecule has 33 heavy (non-hydrogen) atoms. The van der Waals surface area contributed by atoms with E-state index in [1.54, 1.807) is 6.07 Å². The monoisotopic (exact) mass is 502 g/mol. The van der Waals surface area contributed by atoms with Crippen LogP contribution in [0.5, 0.6) is 0 Å². The first kappa shape index (κ1) is 20.0. The maximum Gasteiger partial charge on any atom is 0.294 e. The summed E-state index contributed by atoms with van der Waals surface area (Å²) in [5.41, 5.74) is 1.36. The molecule has 0 unspecified atom stereocenters. The molecule has 3 aromatic rings. The Morgan fingerprint density at radius 2 is 1.55 bits per heavy atom. The van der Waals surface area contributed by atoms with Gasteiger partial charge in [0.15, 0.2) is 0 Å². The number of carbonyl (C=O) groups is 3. The first-order valence-corrected chi connectivity index (χ1v) is 11.2. The van der Waals surface area contributed by atoms with E-state index in [0.717, 1.165) is 33.4 Å². The molecule has 1 heterocycles. The van der Waals surface area contributed by atoms with Gasteiger partial charge in [-0.2, -0.15) is 0 Å². The lowest BCUT2D eigenvalue weighted by Gasteiger charge is -2.51. The normalized spacial score (nSPS) is 26.6. The van der Waals surface area contributed by atoms with E-state index >= 15 is 0 Å². The first-order valence-electron chi connectivity index (χ1n) is 10.4. The molecule has 3 aliphatic carbocycles. The van der Waals surface area contributed by atoms with Crippen molar-refractivity contribution >= 4 is 45.4 Å². The van der Waals surface area contributed by atoms with Gasteiger partial charge in [0.1, 0.15) is 12.0 Å². The summed E-state index contributed by atoms with van der Waals surface area (Å²) in [5, 5.41) is 11.8. The summed E-state index contributed by atoms with van der Waals surface area (Å²) >= 11 is 3.21. The first-order chi connectivity index (χ1) is 15.9. The van der Waals surface area contributed by atoms with Crippen LogP contribution in [0.25, 0.3) is 0 Å². The Morgan fingerprint density at radius 1 is 0.939 bits per heavy atom. The molecular weight excluding hydrogens is 488 g/mol. The highest BCUT2D eigenvalue weighted by molar-refractivity contribution is 9.10. The van der Waals surface area contributed by atoms with Crippen molar-refractivity contribution in [2.75, 3.05) is 4.90 Å². The van der Waals surface area contributed by atoms with Crippen LogP contribution in [0.4, 0.5) is 11.4 Å². The van der Waals surface area contributed by atoms with E-state index in [0.29, 0.717) is 4.47 Å². The lowest BCUT2D eigenvalue weighted by molar-refractivity contribution is -0.384. The van der Waals surface area contributed by atoms with E-state index in [9.17, 15) is 24.5 Å².